The van der Waals surface area contributed by atoms with Crippen molar-refractivity contribution in [2.75, 3.05) is 30.6 Å². The number of amides is 2. The van der Waals surface area contributed by atoms with Gasteiger partial charge < -0.3 is 15.0 Å². The van der Waals surface area contributed by atoms with Crippen LogP contribution in [-0.4, -0.2) is 48.0 Å². The first-order chi connectivity index (χ1) is 13.5. The van der Waals surface area contributed by atoms with Gasteiger partial charge in [-0.3, -0.25) is 9.59 Å². The van der Waals surface area contributed by atoms with Crippen LogP contribution in [0, 0.1) is 11.8 Å². The Kier molecular flexibility index (Phi) is 6.35. The molecule has 0 aromatic heterocycles. The van der Waals surface area contributed by atoms with E-state index >= 15 is 0 Å². The fraction of sp³-hybridized carbons (Fsp3) is 0.190. The van der Waals surface area contributed by atoms with Crippen molar-refractivity contribution in [2.45, 2.75) is 0 Å². The van der Waals surface area contributed by atoms with E-state index in [1.165, 1.54) is 23.8 Å². The average Bonchev–Trinajstić information content (AvgIpc) is 3.10. The third kappa shape index (κ3) is 5.15. The molecule has 0 aliphatic carbocycles. The van der Waals surface area contributed by atoms with E-state index in [2.05, 4.69) is 17.2 Å². The van der Waals surface area contributed by atoms with E-state index in [1.54, 1.807) is 42.5 Å². The summed E-state index contributed by atoms with van der Waals surface area (Å²) in [7, 11) is 1.33. The molecule has 2 amide bonds. The number of esters is 1. The van der Waals surface area contributed by atoms with Crippen LogP contribution < -0.4 is 5.32 Å². The zero-order valence-corrected chi connectivity index (χ0v) is 16.0. The number of nitrogens with zero attached hydrogens (tertiary/aromatic N) is 1. The van der Waals surface area contributed by atoms with Crippen LogP contribution >= 0.6 is 11.8 Å². The van der Waals surface area contributed by atoms with E-state index in [9.17, 15) is 14.4 Å². The van der Waals surface area contributed by atoms with Gasteiger partial charge in [0, 0.05) is 16.8 Å². The fourth-order valence-electron chi connectivity index (χ4n) is 2.57. The Bertz CT molecular complexity index is 978. The molecule has 1 fully saturated rings. The second kappa shape index (κ2) is 9.11. The number of hydrogen-bond acceptors (Lipinski definition) is 5. The molecule has 0 saturated carbocycles. The van der Waals surface area contributed by atoms with Gasteiger partial charge in [0.1, 0.15) is 6.54 Å². The number of rotatable bonds is 4. The van der Waals surface area contributed by atoms with Gasteiger partial charge in [0.2, 0.25) is 11.8 Å². The fourth-order valence-corrected chi connectivity index (χ4v) is 3.48. The number of carbonyl (C=O) groups is 3. The lowest BCUT2D eigenvalue weighted by Gasteiger charge is -2.14. The summed E-state index contributed by atoms with van der Waals surface area (Å²) in [6, 6.07) is 14.0. The maximum atomic E-state index is 12.1. The second-order valence-electron chi connectivity index (χ2n) is 6.02. The smallest absolute Gasteiger partial charge is 0.337 e. The summed E-state index contributed by atoms with van der Waals surface area (Å²) >= 11 is 1.50. The number of benzene rings is 2. The van der Waals surface area contributed by atoms with Gasteiger partial charge in [-0.2, -0.15) is 0 Å². The second-order valence-corrected chi connectivity index (χ2v) is 6.98. The van der Waals surface area contributed by atoms with Crippen molar-refractivity contribution in [1.82, 2.24) is 4.90 Å². The summed E-state index contributed by atoms with van der Waals surface area (Å²) < 4.78 is 4.71. The predicted octanol–water partition coefficient (Wildman–Crippen LogP) is 2.34. The van der Waals surface area contributed by atoms with Gasteiger partial charge in [-0.1, -0.05) is 24.0 Å². The molecule has 1 aliphatic heterocycles. The summed E-state index contributed by atoms with van der Waals surface area (Å²) in [5.74, 6) is 6.31. The molecule has 2 aromatic carbocycles. The standard InChI is InChI=1S/C21H18N2O4S/c1-27-21(26)17-6-2-4-15(10-17)8-9-16-5-3-7-18(11-16)22-19(24)12-23-14-28-13-20(23)25/h2-7,10-11H,12-14H2,1H3,(H,22,24). The lowest BCUT2D eigenvalue weighted by Crippen LogP contribution is -2.34. The van der Waals surface area contributed by atoms with Crippen LogP contribution in [0.5, 0.6) is 0 Å². The monoisotopic (exact) mass is 394 g/mol. The summed E-state index contributed by atoms with van der Waals surface area (Å²) in [6.07, 6.45) is 0. The third-order valence-corrected chi connectivity index (χ3v) is 4.89. The molecule has 3 rings (SSSR count). The van der Waals surface area contributed by atoms with Crippen molar-refractivity contribution in [3.63, 3.8) is 0 Å². The number of carbonyl (C=O) groups excluding carboxylic acids is 3. The van der Waals surface area contributed by atoms with Gasteiger partial charge >= 0.3 is 5.97 Å². The van der Waals surface area contributed by atoms with Crippen LogP contribution in [0.2, 0.25) is 0 Å². The van der Waals surface area contributed by atoms with Crippen molar-refractivity contribution in [3.05, 3.63) is 65.2 Å². The third-order valence-electron chi connectivity index (χ3n) is 3.94. The minimum absolute atomic E-state index is 0.0195. The molecule has 0 atom stereocenters. The van der Waals surface area contributed by atoms with E-state index in [4.69, 9.17) is 4.74 Å². The van der Waals surface area contributed by atoms with Gasteiger partial charge in [-0.05, 0) is 36.4 Å². The predicted molar refractivity (Wildman–Crippen MR) is 108 cm³/mol. The minimum Gasteiger partial charge on any atom is -0.465 e. The van der Waals surface area contributed by atoms with E-state index in [1.807, 2.05) is 6.07 Å². The Morgan fingerprint density at radius 3 is 2.54 bits per heavy atom. The molecule has 0 spiro atoms. The molecule has 1 aliphatic rings. The van der Waals surface area contributed by atoms with Crippen LogP contribution in [-0.2, 0) is 14.3 Å². The number of ether oxygens (including phenoxy) is 1. The molecule has 1 heterocycles. The molecule has 0 bridgehead atoms. The van der Waals surface area contributed by atoms with E-state index in [0.29, 0.717) is 34.0 Å². The number of nitrogens with one attached hydrogen (secondary N) is 1. The highest BCUT2D eigenvalue weighted by molar-refractivity contribution is 8.00. The van der Waals surface area contributed by atoms with Crippen molar-refractivity contribution >= 4 is 35.2 Å². The molecule has 0 radical (unpaired) electrons. The Balaban J connectivity index is 1.67. The maximum absolute atomic E-state index is 12.1. The van der Waals surface area contributed by atoms with E-state index in [0.717, 1.165) is 0 Å². The highest BCUT2D eigenvalue weighted by atomic mass is 32.2. The van der Waals surface area contributed by atoms with E-state index < -0.39 is 5.97 Å². The van der Waals surface area contributed by atoms with Crippen LogP contribution in [0.15, 0.2) is 48.5 Å². The summed E-state index contributed by atoms with van der Waals surface area (Å²) in [5, 5.41) is 2.79. The Hall–Kier alpha value is -3.24. The van der Waals surface area contributed by atoms with Crippen LogP contribution in [0.4, 0.5) is 5.69 Å². The number of methoxy groups -OCH3 is 1. The quantitative estimate of drug-likeness (QED) is 0.636. The van der Waals surface area contributed by atoms with Crippen molar-refractivity contribution in [2.24, 2.45) is 0 Å². The zero-order chi connectivity index (χ0) is 19.9. The van der Waals surface area contributed by atoms with Gasteiger partial charge in [0.25, 0.3) is 0 Å². The van der Waals surface area contributed by atoms with Gasteiger partial charge in [-0.15, -0.1) is 11.8 Å². The number of thioether (sulfide) groups is 1. The van der Waals surface area contributed by atoms with Crippen LogP contribution in [0.1, 0.15) is 21.5 Å². The summed E-state index contributed by atoms with van der Waals surface area (Å²) in [6.45, 7) is 0.0437. The first-order valence-corrected chi connectivity index (χ1v) is 9.66. The minimum atomic E-state index is -0.414. The molecule has 142 valence electrons. The first kappa shape index (κ1) is 19.5. The van der Waals surface area contributed by atoms with Crippen molar-refractivity contribution in [3.8, 4) is 11.8 Å². The highest BCUT2D eigenvalue weighted by Gasteiger charge is 2.22. The zero-order valence-electron chi connectivity index (χ0n) is 15.2. The molecule has 7 heteroatoms. The van der Waals surface area contributed by atoms with Crippen LogP contribution in [0.3, 0.4) is 0 Å². The molecular weight excluding hydrogens is 376 g/mol. The van der Waals surface area contributed by atoms with Crippen molar-refractivity contribution in [1.29, 1.82) is 0 Å². The maximum Gasteiger partial charge on any atom is 0.337 e. The molecule has 1 saturated heterocycles. The normalized spacial score (nSPS) is 12.9. The lowest BCUT2D eigenvalue weighted by molar-refractivity contribution is -0.130. The van der Waals surface area contributed by atoms with Crippen LogP contribution in [0.25, 0.3) is 0 Å². The molecule has 0 unspecified atom stereocenters. The molecule has 6 nitrogen and oxygen atoms in total. The summed E-state index contributed by atoms with van der Waals surface area (Å²) in [5.41, 5.74) is 2.45. The topological polar surface area (TPSA) is 75.7 Å². The molecule has 28 heavy (non-hydrogen) atoms. The number of anilines is 1. The van der Waals surface area contributed by atoms with E-state index in [-0.39, 0.29) is 18.4 Å². The molecular formula is C21H18N2O4S. The first-order valence-electron chi connectivity index (χ1n) is 8.51. The molecule has 2 aromatic rings. The Labute approximate surface area is 167 Å². The average molecular weight is 394 g/mol. The van der Waals surface area contributed by atoms with Gasteiger partial charge in [-0.25, -0.2) is 4.79 Å². The number of hydrogen-bond donors (Lipinski definition) is 1. The highest BCUT2D eigenvalue weighted by Crippen LogP contribution is 2.15. The molecule has 1 N–H and O–H groups in total. The SMILES string of the molecule is COC(=O)c1cccc(C#Cc2cccc(NC(=O)CN3CSCC3=O)c2)c1. The summed E-state index contributed by atoms with van der Waals surface area (Å²) in [4.78, 5) is 36.9. The van der Waals surface area contributed by atoms with Gasteiger partial charge in [0.15, 0.2) is 0 Å². The lowest BCUT2D eigenvalue weighted by atomic mass is 10.1. The Morgan fingerprint density at radius 2 is 1.86 bits per heavy atom. The largest absolute Gasteiger partial charge is 0.465 e. The van der Waals surface area contributed by atoms with Gasteiger partial charge in [0.05, 0.1) is 24.3 Å². The Morgan fingerprint density at radius 1 is 1.14 bits per heavy atom. The van der Waals surface area contributed by atoms with Crippen molar-refractivity contribution < 1.29 is 19.1 Å².